The highest BCUT2D eigenvalue weighted by molar-refractivity contribution is 6.36. The minimum Gasteiger partial charge on any atom is -0.321 e. The van der Waals surface area contributed by atoms with E-state index in [0.717, 1.165) is 22.4 Å². The molecule has 0 radical (unpaired) electrons. The average Bonchev–Trinajstić information content (AvgIpc) is 2.69. The number of carbonyl (C=O) groups is 1. The molecule has 100 valence electrons. The molecule has 2 aromatic carbocycles. The van der Waals surface area contributed by atoms with Gasteiger partial charge in [-0.05, 0) is 43.2 Å². The van der Waals surface area contributed by atoms with Gasteiger partial charge in [-0.1, -0.05) is 41.4 Å². The van der Waals surface area contributed by atoms with Crippen molar-refractivity contribution in [2.75, 3.05) is 5.32 Å². The fourth-order valence-corrected chi connectivity index (χ4v) is 2.55. The van der Waals surface area contributed by atoms with Gasteiger partial charge in [-0.3, -0.25) is 4.79 Å². The molecular formula is C17H14ClNO. The third-order valence-corrected chi connectivity index (χ3v) is 3.73. The Morgan fingerprint density at radius 3 is 2.70 bits per heavy atom. The Kier molecular flexibility index (Phi) is 3.11. The number of rotatable bonds is 1. The van der Waals surface area contributed by atoms with E-state index in [1.54, 1.807) is 12.1 Å². The van der Waals surface area contributed by atoms with Crippen LogP contribution in [0.2, 0.25) is 5.02 Å². The summed E-state index contributed by atoms with van der Waals surface area (Å²) in [7, 11) is 0. The number of nitrogens with one attached hydrogen (secondary N) is 1. The van der Waals surface area contributed by atoms with Crippen molar-refractivity contribution in [3.05, 3.63) is 63.7 Å². The van der Waals surface area contributed by atoms with Crippen LogP contribution in [0.25, 0.3) is 11.6 Å². The molecule has 1 heterocycles. The smallest absolute Gasteiger partial charge is 0.256 e. The van der Waals surface area contributed by atoms with Crippen LogP contribution in [-0.2, 0) is 4.79 Å². The van der Waals surface area contributed by atoms with Crippen molar-refractivity contribution in [3.63, 3.8) is 0 Å². The summed E-state index contributed by atoms with van der Waals surface area (Å²) in [6.45, 7) is 4.09. The van der Waals surface area contributed by atoms with E-state index in [-0.39, 0.29) is 5.91 Å². The first-order valence-corrected chi connectivity index (χ1v) is 6.82. The molecule has 20 heavy (non-hydrogen) atoms. The molecule has 1 aliphatic heterocycles. The lowest BCUT2D eigenvalue weighted by Gasteiger charge is -2.04. The van der Waals surface area contributed by atoms with Gasteiger partial charge in [0.2, 0.25) is 0 Å². The standard InChI is InChI=1S/C17H14ClNO/c1-10-3-4-11(2)12(7-10)8-15-14-6-5-13(18)9-16(14)19-17(15)20/h3-9H,1-2H3,(H,19,20). The van der Waals surface area contributed by atoms with E-state index >= 15 is 0 Å². The molecule has 2 aromatic rings. The van der Waals surface area contributed by atoms with Crippen molar-refractivity contribution >= 4 is 34.8 Å². The molecule has 0 unspecified atom stereocenters. The maximum absolute atomic E-state index is 12.1. The number of amides is 1. The molecule has 0 saturated carbocycles. The summed E-state index contributed by atoms with van der Waals surface area (Å²) >= 11 is 5.95. The minimum absolute atomic E-state index is 0.0804. The van der Waals surface area contributed by atoms with E-state index < -0.39 is 0 Å². The molecule has 3 rings (SSSR count). The van der Waals surface area contributed by atoms with Gasteiger partial charge in [0.15, 0.2) is 0 Å². The lowest BCUT2D eigenvalue weighted by Crippen LogP contribution is -2.03. The number of fused-ring (bicyclic) bond motifs is 1. The predicted octanol–water partition coefficient (Wildman–Crippen LogP) is 4.45. The van der Waals surface area contributed by atoms with Crippen LogP contribution in [0, 0.1) is 13.8 Å². The van der Waals surface area contributed by atoms with Gasteiger partial charge in [0.1, 0.15) is 0 Å². The quantitative estimate of drug-likeness (QED) is 0.770. The fourth-order valence-electron chi connectivity index (χ4n) is 2.38. The van der Waals surface area contributed by atoms with Gasteiger partial charge in [0.25, 0.3) is 5.91 Å². The second-order valence-corrected chi connectivity index (χ2v) is 5.50. The number of hydrogen-bond acceptors (Lipinski definition) is 1. The summed E-state index contributed by atoms with van der Waals surface area (Å²) in [6.07, 6.45) is 1.94. The molecule has 1 N–H and O–H groups in total. The monoisotopic (exact) mass is 283 g/mol. The van der Waals surface area contributed by atoms with Gasteiger partial charge in [0.05, 0.1) is 5.69 Å². The lowest BCUT2D eigenvalue weighted by molar-refractivity contribution is -0.110. The first kappa shape index (κ1) is 12.9. The van der Waals surface area contributed by atoms with E-state index in [1.165, 1.54) is 5.56 Å². The summed E-state index contributed by atoms with van der Waals surface area (Å²) in [5.41, 5.74) is 5.76. The van der Waals surface area contributed by atoms with Crippen LogP contribution in [0.4, 0.5) is 5.69 Å². The molecule has 0 saturated heterocycles. The molecule has 0 fully saturated rings. The van der Waals surface area contributed by atoms with Crippen molar-refractivity contribution in [2.45, 2.75) is 13.8 Å². The summed E-state index contributed by atoms with van der Waals surface area (Å²) < 4.78 is 0. The number of hydrogen-bond donors (Lipinski definition) is 1. The number of benzene rings is 2. The molecule has 1 amide bonds. The summed E-state index contributed by atoms with van der Waals surface area (Å²) in [5.74, 6) is -0.0804. The Morgan fingerprint density at radius 1 is 1.10 bits per heavy atom. The van der Waals surface area contributed by atoms with Gasteiger partial charge in [-0.15, -0.1) is 0 Å². The van der Waals surface area contributed by atoms with Gasteiger partial charge in [-0.2, -0.15) is 0 Å². The molecule has 3 heteroatoms. The summed E-state index contributed by atoms with van der Waals surface area (Å²) in [5, 5.41) is 3.47. The second-order valence-electron chi connectivity index (χ2n) is 5.06. The van der Waals surface area contributed by atoms with Crippen molar-refractivity contribution in [3.8, 4) is 0 Å². The number of aryl methyl sites for hydroxylation is 2. The zero-order chi connectivity index (χ0) is 14.3. The third-order valence-electron chi connectivity index (χ3n) is 3.50. The molecule has 0 bridgehead atoms. The van der Waals surface area contributed by atoms with E-state index in [9.17, 15) is 4.79 Å². The maximum Gasteiger partial charge on any atom is 0.256 e. The Hall–Kier alpha value is -2.06. The highest BCUT2D eigenvalue weighted by atomic mass is 35.5. The molecule has 0 spiro atoms. The molecule has 2 nitrogen and oxygen atoms in total. The first-order valence-electron chi connectivity index (χ1n) is 6.45. The molecule has 0 aliphatic carbocycles. The zero-order valence-corrected chi connectivity index (χ0v) is 12.1. The van der Waals surface area contributed by atoms with Crippen LogP contribution in [0.3, 0.4) is 0 Å². The zero-order valence-electron chi connectivity index (χ0n) is 11.3. The van der Waals surface area contributed by atoms with Crippen molar-refractivity contribution in [2.24, 2.45) is 0 Å². The van der Waals surface area contributed by atoms with Crippen LogP contribution in [0.1, 0.15) is 22.3 Å². The van der Waals surface area contributed by atoms with Crippen LogP contribution >= 0.6 is 11.6 Å². The van der Waals surface area contributed by atoms with Crippen LogP contribution in [0.5, 0.6) is 0 Å². The highest BCUT2D eigenvalue weighted by Gasteiger charge is 2.24. The molecule has 0 aromatic heterocycles. The maximum atomic E-state index is 12.1. The van der Waals surface area contributed by atoms with Crippen molar-refractivity contribution in [1.29, 1.82) is 0 Å². The number of carbonyl (C=O) groups excluding carboxylic acids is 1. The Balaban J connectivity index is 2.13. The predicted molar refractivity (Wildman–Crippen MR) is 83.9 cm³/mol. The summed E-state index contributed by atoms with van der Waals surface area (Å²) in [4.78, 5) is 12.1. The Bertz CT molecular complexity index is 747. The van der Waals surface area contributed by atoms with Crippen LogP contribution in [-0.4, -0.2) is 5.91 Å². The fraction of sp³-hybridized carbons (Fsp3) is 0.118. The van der Waals surface area contributed by atoms with Crippen molar-refractivity contribution < 1.29 is 4.79 Å². The highest BCUT2D eigenvalue weighted by Crippen LogP contribution is 2.35. The van der Waals surface area contributed by atoms with E-state index in [4.69, 9.17) is 11.6 Å². The van der Waals surface area contributed by atoms with Crippen LogP contribution in [0.15, 0.2) is 36.4 Å². The number of halogens is 1. The molecule has 1 aliphatic rings. The van der Waals surface area contributed by atoms with Gasteiger partial charge < -0.3 is 5.32 Å². The average molecular weight is 284 g/mol. The van der Waals surface area contributed by atoms with E-state index in [2.05, 4.69) is 23.5 Å². The second kappa shape index (κ2) is 4.80. The minimum atomic E-state index is -0.0804. The SMILES string of the molecule is Cc1ccc(C)c(C=C2C(=O)Nc3cc(Cl)ccc32)c1. The largest absolute Gasteiger partial charge is 0.321 e. The van der Waals surface area contributed by atoms with E-state index in [1.807, 2.05) is 26.0 Å². The van der Waals surface area contributed by atoms with Crippen molar-refractivity contribution in [1.82, 2.24) is 0 Å². The number of anilines is 1. The Morgan fingerprint density at radius 2 is 1.90 bits per heavy atom. The Labute approximate surface area is 123 Å². The van der Waals surface area contributed by atoms with E-state index in [0.29, 0.717) is 10.6 Å². The normalized spacial score (nSPS) is 15.3. The molecule has 0 atom stereocenters. The van der Waals surface area contributed by atoms with Gasteiger partial charge >= 0.3 is 0 Å². The first-order chi connectivity index (χ1) is 9.54. The summed E-state index contributed by atoms with van der Waals surface area (Å²) in [6, 6.07) is 11.7. The molecular weight excluding hydrogens is 270 g/mol. The van der Waals surface area contributed by atoms with Gasteiger partial charge in [0, 0.05) is 16.2 Å². The lowest BCUT2D eigenvalue weighted by atomic mass is 10.00. The topological polar surface area (TPSA) is 29.1 Å². The van der Waals surface area contributed by atoms with Crippen LogP contribution < -0.4 is 5.32 Å². The third kappa shape index (κ3) is 2.23. The van der Waals surface area contributed by atoms with Gasteiger partial charge in [-0.25, -0.2) is 0 Å².